The van der Waals surface area contributed by atoms with Crippen molar-refractivity contribution in [1.29, 1.82) is 0 Å². The molecule has 17 heavy (non-hydrogen) atoms. The second-order valence-electron chi connectivity index (χ2n) is 5.54. The Morgan fingerprint density at radius 3 is 1.76 bits per heavy atom. The van der Waals surface area contributed by atoms with E-state index < -0.39 is 0 Å². The van der Waals surface area contributed by atoms with Gasteiger partial charge in [-0.05, 0) is 87.4 Å². The lowest BCUT2D eigenvalue weighted by molar-refractivity contribution is 0.409. The van der Waals surface area contributed by atoms with Crippen molar-refractivity contribution in [2.75, 3.05) is 6.54 Å². The first kappa shape index (κ1) is 12.6. The molecular weight excluding hydrogens is 206 g/mol. The molecule has 1 fully saturated rings. The molecule has 0 spiro atoms. The average Bonchev–Trinajstić information content (AvgIpc) is 2.36. The molecular formula is C16H25N. The highest BCUT2D eigenvalue weighted by Crippen LogP contribution is 2.33. The highest BCUT2D eigenvalue weighted by molar-refractivity contribution is 5.50. The van der Waals surface area contributed by atoms with Gasteiger partial charge in [0.05, 0.1) is 0 Å². The standard InChI is InChI=1S/C16H25N/c1-10-11(2)13(4)16(14(5)12(10)3)15-8-6-7-9-17-15/h15,17H,6-9H2,1-5H3/t15-/m1/s1. The van der Waals surface area contributed by atoms with Crippen molar-refractivity contribution in [1.82, 2.24) is 5.32 Å². The van der Waals surface area contributed by atoms with Crippen LogP contribution in [0.1, 0.15) is 58.7 Å². The third-order valence-corrected chi connectivity index (χ3v) is 4.72. The van der Waals surface area contributed by atoms with E-state index in [2.05, 4.69) is 39.9 Å². The van der Waals surface area contributed by atoms with Crippen LogP contribution in [-0.4, -0.2) is 6.54 Å². The van der Waals surface area contributed by atoms with Gasteiger partial charge in [0.15, 0.2) is 0 Å². The lowest BCUT2D eigenvalue weighted by atomic mass is 9.84. The van der Waals surface area contributed by atoms with Crippen molar-refractivity contribution in [3.63, 3.8) is 0 Å². The predicted molar refractivity (Wildman–Crippen MR) is 74.7 cm³/mol. The van der Waals surface area contributed by atoms with Crippen LogP contribution in [0.2, 0.25) is 0 Å². The van der Waals surface area contributed by atoms with E-state index in [1.54, 1.807) is 5.56 Å². The van der Waals surface area contributed by atoms with Gasteiger partial charge in [0.2, 0.25) is 0 Å². The fraction of sp³-hybridized carbons (Fsp3) is 0.625. The molecule has 1 heteroatoms. The van der Waals surface area contributed by atoms with E-state index >= 15 is 0 Å². The summed E-state index contributed by atoms with van der Waals surface area (Å²) in [5.74, 6) is 0. The van der Waals surface area contributed by atoms with Gasteiger partial charge in [0, 0.05) is 6.04 Å². The van der Waals surface area contributed by atoms with Crippen molar-refractivity contribution < 1.29 is 0 Å². The monoisotopic (exact) mass is 231 g/mol. The van der Waals surface area contributed by atoms with Gasteiger partial charge in [0.1, 0.15) is 0 Å². The van der Waals surface area contributed by atoms with E-state index in [4.69, 9.17) is 0 Å². The van der Waals surface area contributed by atoms with Gasteiger partial charge in [0.25, 0.3) is 0 Å². The summed E-state index contributed by atoms with van der Waals surface area (Å²) in [6.07, 6.45) is 3.99. The fourth-order valence-corrected chi connectivity index (χ4v) is 3.15. The molecule has 1 saturated heterocycles. The number of hydrogen-bond donors (Lipinski definition) is 1. The molecule has 0 amide bonds. The Morgan fingerprint density at radius 1 is 0.765 bits per heavy atom. The Hall–Kier alpha value is -0.820. The van der Waals surface area contributed by atoms with Crippen molar-refractivity contribution in [3.8, 4) is 0 Å². The van der Waals surface area contributed by atoms with E-state index in [0.29, 0.717) is 6.04 Å². The summed E-state index contributed by atoms with van der Waals surface area (Å²) in [5.41, 5.74) is 9.02. The summed E-state index contributed by atoms with van der Waals surface area (Å²) in [5, 5.41) is 3.69. The molecule has 1 aliphatic rings. The lowest BCUT2D eigenvalue weighted by Gasteiger charge is -2.29. The zero-order valence-electron chi connectivity index (χ0n) is 11.9. The van der Waals surface area contributed by atoms with Crippen molar-refractivity contribution in [3.05, 3.63) is 33.4 Å². The SMILES string of the molecule is Cc1c(C)c(C)c([C@H]2CCCCN2)c(C)c1C. The minimum absolute atomic E-state index is 0.585. The van der Waals surface area contributed by atoms with E-state index in [0.717, 1.165) is 0 Å². The molecule has 0 aliphatic carbocycles. The van der Waals surface area contributed by atoms with E-state index in [1.165, 1.54) is 53.6 Å². The van der Waals surface area contributed by atoms with Crippen LogP contribution in [0.4, 0.5) is 0 Å². The molecule has 1 aromatic carbocycles. The smallest absolute Gasteiger partial charge is 0.0325 e. The first-order valence-electron chi connectivity index (χ1n) is 6.84. The molecule has 0 radical (unpaired) electrons. The molecule has 1 atom stereocenters. The molecule has 0 bridgehead atoms. The van der Waals surface area contributed by atoms with E-state index in [9.17, 15) is 0 Å². The zero-order chi connectivity index (χ0) is 12.6. The zero-order valence-corrected chi connectivity index (χ0v) is 11.9. The summed E-state index contributed by atoms with van der Waals surface area (Å²) >= 11 is 0. The number of hydrogen-bond acceptors (Lipinski definition) is 1. The molecule has 1 nitrogen and oxygen atoms in total. The molecule has 0 saturated carbocycles. The summed E-state index contributed by atoms with van der Waals surface area (Å²) in [6, 6.07) is 0.585. The highest BCUT2D eigenvalue weighted by atomic mass is 14.9. The van der Waals surface area contributed by atoms with Crippen LogP contribution in [0.3, 0.4) is 0 Å². The van der Waals surface area contributed by atoms with Crippen LogP contribution in [0, 0.1) is 34.6 Å². The molecule has 0 aromatic heterocycles. The maximum Gasteiger partial charge on any atom is 0.0325 e. The summed E-state index contributed by atoms with van der Waals surface area (Å²) in [7, 11) is 0. The third-order valence-electron chi connectivity index (χ3n) is 4.72. The van der Waals surface area contributed by atoms with Crippen LogP contribution in [-0.2, 0) is 0 Å². The van der Waals surface area contributed by atoms with Gasteiger partial charge < -0.3 is 5.32 Å². The maximum atomic E-state index is 3.69. The molecule has 0 unspecified atom stereocenters. The van der Waals surface area contributed by atoms with Gasteiger partial charge >= 0.3 is 0 Å². The minimum Gasteiger partial charge on any atom is -0.310 e. The van der Waals surface area contributed by atoms with Crippen LogP contribution in [0.25, 0.3) is 0 Å². The Morgan fingerprint density at radius 2 is 1.29 bits per heavy atom. The number of benzene rings is 1. The van der Waals surface area contributed by atoms with Gasteiger partial charge in [-0.15, -0.1) is 0 Å². The predicted octanol–water partition coefficient (Wildman–Crippen LogP) is 4.04. The van der Waals surface area contributed by atoms with Crippen LogP contribution >= 0.6 is 0 Å². The minimum atomic E-state index is 0.585. The average molecular weight is 231 g/mol. The highest BCUT2D eigenvalue weighted by Gasteiger charge is 2.21. The quantitative estimate of drug-likeness (QED) is 0.769. The van der Waals surface area contributed by atoms with Crippen LogP contribution in [0.15, 0.2) is 0 Å². The van der Waals surface area contributed by atoms with Crippen molar-refractivity contribution in [2.24, 2.45) is 0 Å². The Balaban J connectivity index is 2.52. The Labute approximate surface area is 106 Å². The Bertz CT molecular complexity index is 397. The number of piperidine rings is 1. The second kappa shape index (κ2) is 4.81. The van der Waals surface area contributed by atoms with Gasteiger partial charge in [-0.1, -0.05) is 6.42 Å². The topological polar surface area (TPSA) is 12.0 Å². The molecule has 2 rings (SSSR count). The lowest BCUT2D eigenvalue weighted by Crippen LogP contribution is -2.28. The molecule has 94 valence electrons. The fourth-order valence-electron chi connectivity index (χ4n) is 3.15. The molecule has 1 heterocycles. The molecule has 1 N–H and O–H groups in total. The second-order valence-corrected chi connectivity index (χ2v) is 5.54. The van der Waals surface area contributed by atoms with Crippen LogP contribution in [0.5, 0.6) is 0 Å². The third kappa shape index (κ3) is 2.13. The van der Waals surface area contributed by atoms with Gasteiger partial charge in [-0.2, -0.15) is 0 Å². The normalized spacial score (nSPS) is 20.6. The summed E-state index contributed by atoms with van der Waals surface area (Å²) < 4.78 is 0. The first-order chi connectivity index (χ1) is 8.04. The first-order valence-corrected chi connectivity index (χ1v) is 6.84. The maximum absolute atomic E-state index is 3.69. The summed E-state index contributed by atoms with van der Waals surface area (Å²) in [4.78, 5) is 0. The van der Waals surface area contributed by atoms with Crippen molar-refractivity contribution >= 4 is 0 Å². The number of rotatable bonds is 1. The van der Waals surface area contributed by atoms with E-state index in [-0.39, 0.29) is 0 Å². The van der Waals surface area contributed by atoms with Gasteiger partial charge in [-0.3, -0.25) is 0 Å². The molecule has 1 aromatic rings. The van der Waals surface area contributed by atoms with Crippen LogP contribution < -0.4 is 5.32 Å². The van der Waals surface area contributed by atoms with E-state index in [1.807, 2.05) is 0 Å². The number of nitrogens with one attached hydrogen (secondary N) is 1. The Kier molecular flexibility index (Phi) is 3.58. The van der Waals surface area contributed by atoms with Crippen molar-refractivity contribution in [2.45, 2.75) is 59.9 Å². The molecule has 1 aliphatic heterocycles. The van der Waals surface area contributed by atoms with Gasteiger partial charge in [-0.25, -0.2) is 0 Å². The summed E-state index contributed by atoms with van der Waals surface area (Å²) in [6.45, 7) is 12.5. The largest absolute Gasteiger partial charge is 0.310 e.